The van der Waals surface area contributed by atoms with Crippen molar-refractivity contribution in [1.82, 2.24) is 0 Å². The highest BCUT2D eigenvalue weighted by Gasteiger charge is 2.70. The molecule has 1 spiro atoms. The maximum atomic E-state index is 12.7. The fraction of sp³-hybridized carbons (Fsp3) is 0.741. The Hall–Kier alpha value is -1.47. The third-order valence-corrected chi connectivity index (χ3v) is 8.90. The molecule has 6 heteroatoms. The lowest BCUT2D eigenvalue weighted by atomic mass is 9.45. The van der Waals surface area contributed by atoms with Crippen LogP contribution < -0.4 is 0 Å². The molecule has 1 saturated heterocycles. The molecule has 6 nitrogen and oxygen atoms in total. The molecule has 0 radical (unpaired) electrons. The number of esters is 1. The molecular weight excluding hydrogens is 420 g/mol. The summed E-state index contributed by atoms with van der Waals surface area (Å²) in [5.41, 5.74) is 0.902. The predicted molar refractivity (Wildman–Crippen MR) is 127 cm³/mol. The van der Waals surface area contributed by atoms with E-state index in [1.54, 1.807) is 14.2 Å². The van der Waals surface area contributed by atoms with E-state index >= 15 is 0 Å². The molecule has 1 N–H and O–H groups in total. The average Bonchev–Trinajstić information content (AvgIpc) is 3.10. The summed E-state index contributed by atoms with van der Waals surface area (Å²) >= 11 is 0. The highest BCUT2D eigenvalue weighted by molar-refractivity contribution is 5.72. The number of hydrogen-bond donors (Lipinski definition) is 1. The van der Waals surface area contributed by atoms with Gasteiger partial charge in [0.1, 0.15) is 6.10 Å². The number of methoxy groups -OCH3 is 2. The van der Waals surface area contributed by atoms with Crippen LogP contribution in [0.2, 0.25) is 0 Å². The first-order chi connectivity index (χ1) is 15.6. The van der Waals surface area contributed by atoms with Gasteiger partial charge in [-0.1, -0.05) is 52.5 Å². The van der Waals surface area contributed by atoms with Crippen LogP contribution in [0.15, 0.2) is 36.5 Å². The van der Waals surface area contributed by atoms with E-state index in [4.69, 9.17) is 18.9 Å². The molecule has 2 aliphatic carbocycles. The van der Waals surface area contributed by atoms with Gasteiger partial charge < -0.3 is 24.1 Å². The monoisotopic (exact) mass is 462 g/mol. The molecule has 1 heterocycles. The van der Waals surface area contributed by atoms with Crippen LogP contribution in [0.25, 0.3) is 0 Å². The first-order valence-corrected chi connectivity index (χ1v) is 12.2. The summed E-state index contributed by atoms with van der Waals surface area (Å²) in [6, 6.07) is 0. The Balaban J connectivity index is 2.11. The molecule has 1 aliphatic heterocycles. The summed E-state index contributed by atoms with van der Waals surface area (Å²) in [4.78, 5) is 12.7. The molecular formula is C27H42O6. The Labute approximate surface area is 199 Å². The Bertz CT molecular complexity index is 789. The molecule has 1 saturated carbocycles. The van der Waals surface area contributed by atoms with Gasteiger partial charge in [0.05, 0.1) is 17.4 Å². The zero-order chi connectivity index (χ0) is 24.6. The second-order valence-electron chi connectivity index (χ2n) is 10.4. The van der Waals surface area contributed by atoms with E-state index < -0.39 is 24.1 Å². The second kappa shape index (κ2) is 10.0. The van der Waals surface area contributed by atoms with Crippen molar-refractivity contribution < 1.29 is 28.8 Å². The minimum absolute atomic E-state index is 0.0406. The van der Waals surface area contributed by atoms with Crippen LogP contribution in [-0.2, 0) is 23.7 Å². The fourth-order valence-corrected chi connectivity index (χ4v) is 6.39. The number of ether oxygens (including phenoxy) is 4. The predicted octanol–water partition coefficient (Wildman–Crippen LogP) is 4.78. The van der Waals surface area contributed by atoms with E-state index in [-0.39, 0.29) is 29.3 Å². The standard InChI is InChI=1S/C27H42O6/c1-9-16(3)11-12-26(6)18(5)13-22(30-7)27-20(24(31-8)33-25(27)29)14-19(15-21(26)27)32-23(28)17(4)10-2/h9,14,17-19,21-22,24-25,29H,1,3,10-13,15H2,2,4-8H3. The summed E-state index contributed by atoms with van der Waals surface area (Å²) in [5.74, 6) is -0.0943. The van der Waals surface area contributed by atoms with Crippen molar-refractivity contribution in [2.75, 3.05) is 14.2 Å². The molecule has 9 unspecified atom stereocenters. The third-order valence-electron chi connectivity index (χ3n) is 8.90. The van der Waals surface area contributed by atoms with Crippen LogP contribution >= 0.6 is 0 Å². The molecule has 3 rings (SSSR count). The summed E-state index contributed by atoms with van der Waals surface area (Å²) in [6.07, 6.45) is 5.16. The number of aliphatic hydroxyl groups is 1. The lowest BCUT2D eigenvalue weighted by Gasteiger charge is -2.61. The van der Waals surface area contributed by atoms with E-state index in [2.05, 4.69) is 27.0 Å². The number of aliphatic hydroxyl groups excluding tert-OH is 1. The van der Waals surface area contributed by atoms with Crippen molar-refractivity contribution in [2.24, 2.45) is 28.6 Å². The summed E-state index contributed by atoms with van der Waals surface area (Å²) in [7, 11) is 3.27. The summed E-state index contributed by atoms with van der Waals surface area (Å²) in [5, 5.41) is 11.4. The van der Waals surface area contributed by atoms with Gasteiger partial charge in [0.2, 0.25) is 0 Å². The second-order valence-corrected chi connectivity index (χ2v) is 10.4. The van der Waals surface area contributed by atoms with E-state index in [0.717, 1.165) is 36.8 Å². The first-order valence-electron chi connectivity index (χ1n) is 12.2. The summed E-state index contributed by atoms with van der Waals surface area (Å²) in [6.45, 7) is 16.4. The molecule has 186 valence electrons. The topological polar surface area (TPSA) is 74.2 Å². The number of rotatable bonds is 9. The third kappa shape index (κ3) is 4.24. The van der Waals surface area contributed by atoms with Gasteiger partial charge in [-0.25, -0.2) is 0 Å². The van der Waals surface area contributed by atoms with Crippen molar-refractivity contribution in [3.8, 4) is 0 Å². The Morgan fingerprint density at radius 2 is 2.06 bits per heavy atom. The Kier molecular flexibility index (Phi) is 7.94. The highest BCUT2D eigenvalue weighted by Crippen LogP contribution is 2.67. The van der Waals surface area contributed by atoms with Gasteiger partial charge in [0.15, 0.2) is 12.6 Å². The minimum Gasteiger partial charge on any atom is -0.458 e. The molecule has 9 atom stereocenters. The number of carbonyl (C=O) groups is 1. The number of hydrogen-bond acceptors (Lipinski definition) is 6. The van der Waals surface area contributed by atoms with Crippen LogP contribution in [0.5, 0.6) is 0 Å². The maximum absolute atomic E-state index is 12.7. The normalized spacial score (nSPS) is 40.9. The van der Waals surface area contributed by atoms with Crippen molar-refractivity contribution in [3.05, 3.63) is 36.5 Å². The van der Waals surface area contributed by atoms with Gasteiger partial charge >= 0.3 is 5.97 Å². The molecule has 3 aliphatic rings. The van der Waals surface area contributed by atoms with Gasteiger partial charge in [0.25, 0.3) is 0 Å². The van der Waals surface area contributed by atoms with E-state index in [9.17, 15) is 9.90 Å². The molecule has 33 heavy (non-hydrogen) atoms. The molecule has 2 fully saturated rings. The van der Waals surface area contributed by atoms with E-state index in [0.29, 0.717) is 12.3 Å². The van der Waals surface area contributed by atoms with E-state index in [1.165, 1.54) is 0 Å². The number of allylic oxidation sites excluding steroid dienone is 2. The van der Waals surface area contributed by atoms with Crippen molar-refractivity contribution in [2.45, 2.75) is 84.6 Å². The molecule has 0 aromatic rings. The summed E-state index contributed by atoms with van der Waals surface area (Å²) < 4.78 is 23.6. The van der Waals surface area contributed by atoms with E-state index in [1.807, 2.05) is 26.0 Å². The van der Waals surface area contributed by atoms with Gasteiger partial charge in [-0.05, 0) is 61.0 Å². The van der Waals surface area contributed by atoms with Gasteiger partial charge in [-0.3, -0.25) is 4.79 Å². The average molecular weight is 463 g/mol. The zero-order valence-corrected chi connectivity index (χ0v) is 21.1. The fourth-order valence-electron chi connectivity index (χ4n) is 6.39. The van der Waals surface area contributed by atoms with Crippen LogP contribution in [0.1, 0.15) is 59.8 Å². The molecule has 0 aromatic heterocycles. The SMILES string of the molecule is C=CC(=C)CCC1(C)C(C)CC(OC)C23C(=CC(OC(=O)C(C)CC)CC12)C(OC)OC3O. The minimum atomic E-state index is -1.07. The van der Waals surface area contributed by atoms with Crippen LogP contribution in [0.3, 0.4) is 0 Å². The molecule has 0 aromatic carbocycles. The van der Waals surface area contributed by atoms with Crippen molar-refractivity contribution in [3.63, 3.8) is 0 Å². The van der Waals surface area contributed by atoms with Gasteiger partial charge in [-0.2, -0.15) is 0 Å². The largest absolute Gasteiger partial charge is 0.458 e. The maximum Gasteiger partial charge on any atom is 0.309 e. The molecule has 0 amide bonds. The van der Waals surface area contributed by atoms with Gasteiger partial charge in [0, 0.05) is 14.2 Å². The van der Waals surface area contributed by atoms with Gasteiger partial charge in [-0.15, -0.1) is 0 Å². The quantitative estimate of drug-likeness (QED) is 0.302. The first kappa shape index (κ1) is 26.1. The highest BCUT2D eigenvalue weighted by atomic mass is 16.7. The van der Waals surface area contributed by atoms with Crippen molar-refractivity contribution >= 4 is 5.97 Å². The van der Waals surface area contributed by atoms with Crippen LogP contribution in [0.4, 0.5) is 0 Å². The lowest BCUT2D eigenvalue weighted by molar-refractivity contribution is -0.248. The number of carbonyl (C=O) groups excluding carboxylic acids is 1. The Morgan fingerprint density at radius 3 is 2.64 bits per heavy atom. The Morgan fingerprint density at radius 1 is 1.36 bits per heavy atom. The van der Waals surface area contributed by atoms with Crippen molar-refractivity contribution in [1.29, 1.82) is 0 Å². The molecule has 0 bridgehead atoms. The van der Waals surface area contributed by atoms with Crippen LogP contribution in [0, 0.1) is 28.6 Å². The zero-order valence-electron chi connectivity index (χ0n) is 21.1. The lowest BCUT2D eigenvalue weighted by Crippen LogP contribution is -2.63. The smallest absolute Gasteiger partial charge is 0.309 e. The van der Waals surface area contributed by atoms with Crippen LogP contribution in [-0.4, -0.2) is 50.1 Å².